The highest BCUT2D eigenvalue weighted by Gasteiger charge is 2.23. The molecule has 1 saturated carbocycles. The molecule has 0 spiro atoms. The normalized spacial score (nSPS) is 17.4. The molecule has 2 amide bonds. The number of piperidine rings is 1. The van der Waals surface area contributed by atoms with Crippen LogP contribution in [0.25, 0.3) is 0 Å². The van der Waals surface area contributed by atoms with Crippen molar-refractivity contribution >= 4 is 28.9 Å². The average Bonchev–Trinajstić information content (AvgIpc) is 3.49. The quantitative estimate of drug-likeness (QED) is 0.737. The Balaban J connectivity index is 1.31. The van der Waals surface area contributed by atoms with E-state index in [0.29, 0.717) is 11.7 Å². The third-order valence-electron chi connectivity index (χ3n) is 5.22. The molecule has 2 aromatic rings. The molecular formula is C21H27N5O. The van der Waals surface area contributed by atoms with E-state index in [2.05, 4.69) is 57.0 Å². The average molecular weight is 365 g/mol. The van der Waals surface area contributed by atoms with Gasteiger partial charge in [0.1, 0.15) is 5.82 Å². The molecule has 2 aliphatic rings. The molecule has 0 radical (unpaired) electrons. The van der Waals surface area contributed by atoms with Gasteiger partial charge >= 0.3 is 6.03 Å². The lowest BCUT2D eigenvalue weighted by atomic mass is 9.99. The van der Waals surface area contributed by atoms with Crippen molar-refractivity contribution in [2.45, 2.75) is 38.6 Å². The molecule has 0 atom stereocenters. The number of rotatable bonds is 5. The van der Waals surface area contributed by atoms with E-state index in [-0.39, 0.29) is 6.03 Å². The maximum absolute atomic E-state index is 11.7. The SMILES string of the molecule is CC1CCN(c2ccc(Nc3ccc(NC(=O)NC4CC4)cn3)cc2)CC1. The van der Waals surface area contributed by atoms with E-state index in [4.69, 9.17) is 0 Å². The minimum atomic E-state index is -0.164. The van der Waals surface area contributed by atoms with Gasteiger partial charge in [-0.05, 0) is 68.0 Å². The van der Waals surface area contributed by atoms with Gasteiger partial charge in [-0.3, -0.25) is 0 Å². The summed E-state index contributed by atoms with van der Waals surface area (Å²) in [6, 6.07) is 12.4. The topological polar surface area (TPSA) is 69.3 Å². The maximum atomic E-state index is 11.7. The molecule has 2 heterocycles. The van der Waals surface area contributed by atoms with Crippen LogP contribution in [0.4, 0.5) is 27.7 Å². The highest BCUT2D eigenvalue weighted by Crippen LogP contribution is 2.25. The number of amides is 2. The molecule has 4 rings (SSSR count). The van der Waals surface area contributed by atoms with Crippen molar-refractivity contribution in [1.29, 1.82) is 0 Å². The monoisotopic (exact) mass is 365 g/mol. The molecule has 6 nitrogen and oxygen atoms in total. The lowest BCUT2D eigenvalue weighted by molar-refractivity contribution is 0.251. The van der Waals surface area contributed by atoms with E-state index in [1.54, 1.807) is 6.20 Å². The van der Waals surface area contributed by atoms with Crippen molar-refractivity contribution in [3.05, 3.63) is 42.6 Å². The smallest absolute Gasteiger partial charge is 0.319 e. The predicted molar refractivity (Wildman–Crippen MR) is 110 cm³/mol. The number of pyridine rings is 1. The summed E-state index contributed by atoms with van der Waals surface area (Å²) in [6.07, 6.45) is 6.35. The fourth-order valence-electron chi connectivity index (χ4n) is 3.29. The standard InChI is InChI=1S/C21H27N5O/c1-15-10-12-26(13-11-15)19-7-4-16(5-8-19)23-20-9-6-18(14-22-20)25-21(27)24-17-2-3-17/h4-9,14-15,17H,2-3,10-13H2,1H3,(H,22,23)(H2,24,25,27). The first-order valence-electron chi connectivity index (χ1n) is 9.81. The first kappa shape index (κ1) is 17.6. The van der Waals surface area contributed by atoms with Crippen LogP contribution in [-0.4, -0.2) is 30.1 Å². The summed E-state index contributed by atoms with van der Waals surface area (Å²) in [5.41, 5.74) is 2.97. The first-order valence-corrected chi connectivity index (χ1v) is 9.81. The van der Waals surface area contributed by atoms with Gasteiger partial charge in [0.2, 0.25) is 0 Å². The van der Waals surface area contributed by atoms with Gasteiger partial charge < -0.3 is 20.9 Å². The molecular weight excluding hydrogens is 338 g/mol. The van der Waals surface area contributed by atoms with E-state index in [9.17, 15) is 4.79 Å². The van der Waals surface area contributed by atoms with Gasteiger partial charge in [0.05, 0.1) is 11.9 Å². The van der Waals surface area contributed by atoms with Crippen molar-refractivity contribution in [1.82, 2.24) is 10.3 Å². The van der Waals surface area contributed by atoms with Gasteiger partial charge in [-0.2, -0.15) is 0 Å². The molecule has 0 bridgehead atoms. The number of carbonyl (C=O) groups excluding carboxylic acids is 1. The van der Waals surface area contributed by atoms with Gasteiger partial charge in [-0.15, -0.1) is 0 Å². The largest absolute Gasteiger partial charge is 0.372 e. The molecule has 1 aliphatic heterocycles. The van der Waals surface area contributed by atoms with Crippen molar-refractivity contribution in [3.8, 4) is 0 Å². The molecule has 27 heavy (non-hydrogen) atoms. The van der Waals surface area contributed by atoms with Gasteiger partial charge in [-0.1, -0.05) is 6.92 Å². The van der Waals surface area contributed by atoms with Crippen LogP contribution in [0.15, 0.2) is 42.6 Å². The Labute approximate surface area is 160 Å². The molecule has 1 aliphatic carbocycles. The molecule has 1 aromatic carbocycles. The van der Waals surface area contributed by atoms with E-state index in [0.717, 1.165) is 43.4 Å². The second-order valence-electron chi connectivity index (χ2n) is 7.65. The number of hydrogen-bond donors (Lipinski definition) is 3. The van der Waals surface area contributed by atoms with Gasteiger partial charge in [-0.25, -0.2) is 9.78 Å². The number of hydrogen-bond acceptors (Lipinski definition) is 4. The number of carbonyl (C=O) groups is 1. The minimum Gasteiger partial charge on any atom is -0.372 e. The number of urea groups is 1. The van der Waals surface area contributed by atoms with Crippen LogP contribution in [0, 0.1) is 5.92 Å². The number of nitrogens with one attached hydrogen (secondary N) is 3. The number of benzene rings is 1. The Morgan fingerprint density at radius 3 is 2.33 bits per heavy atom. The molecule has 6 heteroatoms. The maximum Gasteiger partial charge on any atom is 0.319 e. The third kappa shape index (κ3) is 4.90. The zero-order valence-electron chi connectivity index (χ0n) is 15.7. The number of nitrogens with zero attached hydrogens (tertiary/aromatic N) is 2. The van der Waals surface area contributed by atoms with Crippen LogP contribution in [0.1, 0.15) is 32.6 Å². The van der Waals surface area contributed by atoms with Crippen molar-refractivity contribution in [2.75, 3.05) is 28.6 Å². The summed E-state index contributed by atoms with van der Waals surface area (Å²) < 4.78 is 0. The first-order chi connectivity index (χ1) is 13.2. The van der Waals surface area contributed by atoms with Crippen LogP contribution >= 0.6 is 0 Å². The van der Waals surface area contributed by atoms with Crippen molar-refractivity contribution in [3.63, 3.8) is 0 Å². The number of aromatic nitrogens is 1. The third-order valence-corrected chi connectivity index (χ3v) is 5.22. The fraction of sp³-hybridized carbons (Fsp3) is 0.429. The summed E-state index contributed by atoms with van der Waals surface area (Å²) in [4.78, 5) is 18.6. The summed E-state index contributed by atoms with van der Waals surface area (Å²) in [6.45, 7) is 4.61. The summed E-state index contributed by atoms with van der Waals surface area (Å²) in [7, 11) is 0. The highest BCUT2D eigenvalue weighted by molar-refractivity contribution is 5.89. The predicted octanol–water partition coefficient (Wildman–Crippen LogP) is 4.35. The van der Waals surface area contributed by atoms with Crippen LogP contribution in [-0.2, 0) is 0 Å². The van der Waals surface area contributed by atoms with Gasteiger partial charge in [0.15, 0.2) is 0 Å². The number of anilines is 4. The molecule has 0 unspecified atom stereocenters. The Hall–Kier alpha value is -2.76. The Kier molecular flexibility index (Phi) is 5.14. The van der Waals surface area contributed by atoms with Crippen molar-refractivity contribution in [2.24, 2.45) is 5.92 Å². The molecule has 142 valence electrons. The highest BCUT2D eigenvalue weighted by atomic mass is 16.2. The molecule has 1 saturated heterocycles. The van der Waals surface area contributed by atoms with Crippen LogP contribution < -0.4 is 20.9 Å². The Morgan fingerprint density at radius 2 is 1.70 bits per heavy atom. The van der Waals surface area contributed by atoms with Crippen LogP contribution in [0.5, 0.6) is 0 Å². The lowest BCUT2D eigenvalue weighted by Crippen LogP contribution is -2.32. The van der Waals surface area contributed by atoms with E-state index in [1.807, 2.05) is 12.1 Å². The summed E-state index contributed by atoms with van der Waals surface area (Å²) in [5, 5.41) is 9.01. The second kappa shape index (κ2) is 7.86. The minimum absolute atomic E-state index is 0.164. The zero-order valence-corrected chi connectivity index (χ0v) is 15.7. The summed E-state index contributed by atoms with van der Waals surface area (Å²) >= 11 is 0. The van der Waals surface area contributed by atoms with Crippen molar-refractivity contribution < 1.29 is 4.79 Å². The van der Waals surface area contributed by atoms with Gasteiger partial charge in [0, 0.05) is 30.5 Å². The van der Waals surface area contributed by atoms with Gasteiger partial charge in [0.25, 0.3) is 0 Å². The van der Waals surface area contributed by atoms with Crippen LogP contribution in [0.3, 0.4) is 0 Å². The molecule has 2 fully saturated rings. The summed E-state index contributed by atoms with van der Waals surface area (Å²) in [5.74, 6) is 1.59. The zero-order chi connectivity index (χ0) is 18.6. The van der Waals surface area contributed by atoms with E-state index in [1.165, 1.54) is 18.5 Å². The molecule has 3 N–H and O–H groups in total. The van der Waals surface area contributed by atoms with Crippen LogP contribution in [0.2, 0.25) is 0 Å². The fourth-order valence-corrected chi connectivity index (χ4v) is 3.29. The molecule has 1 aromatic heterocycles. The Morgan fingerprint density at radius 1 is 1.00 bits per heavy atom. The second-order valence-corrected chi connectivity index (χ2v) is 7.65. The van der Waals surface area contributed by atoms with E-state index >= 15 is 0 Å². The van der Waals surface area contributed by atoms with E-state index < -0.39 is 0 Å². The lowest BCUT2D eigenvalue weighted by Gasteiger charge is -2.32. The Bertz CT molecular complexity index is 762.